The zero-order chi connectivity index (χ0) is 14.3. The standard InChI is InChI=1S/C15H20ClN3S/c1-3-19-12(15(16)9(2)18-19)8-11(17)14-7-10-5-4-6-13(10)20-14/h7,11H,3-6,8,17H2,1-2H3. The van der Waals surface area contributed by atoms with Crippen molar-refractivity contribution < 1.29 is 0 Å². The van der Waals surface area contributed by atoms with Gasteiger partial charge in [0, 0.05) is 28.8 Å². The Morgan fingerprint density at radius 3 is 3.00 bits per heavy atom. The second kappa shape index (κ2) is 5.51. The number of hydrogen-bond donors (Lipinski definition) is 1. The van der Waals surface area contributed by atoms with Gasteiger partial charge in [0.15, 0.2) is 0 Å². The van der Waals surface area contributed by atoms with E-state index in [0.29, 0.717) is 0 Å². The van der Waals surface area contributed by atoms with Crippen LogP contribution in [-0.4, -0.2) is 9.78 Å². The first-order valence-corrected chi connectivity index (χ1v) is 8.38. The fraction of sp³-hybridized carbons (Fsp3) is 0.533. The van der Waals surface area contributed by atoms with Crippen molar-refractivity contribution in [2.75, 3.05) is 0 Å². The monoisotopic (exact) mass is 309 g/mol. The van der Waals surface area contributed by atoms with Crippen LogP contribution in [-0.2, 0) is 25.8 Å². The van der Waals surface area contributed by atoms with Crippen molar-refractivity contribution in [1.29, 1.82) is 0 Å². The Morgan fingerprint density at radius 2 is 2.30 bits per heavy atom. The van der Waals surface area contributed by atoms with Crippen LogP contribution in [0.15, 0.2) is 6.07 Å². The third kappa shape index (κ3) is 2.41. The average Bonchev–Trinajstić information content (AvgIpc) is 3.07. The number of fused-ring (bicyclic) bond motifs is 1. The van der Waals surface area contributed by atoms with Crippen molar-refractivity contribution >= 4 is 22.9 Å². The van der Waals surface area contributed by atoms with Gasteiger partial charge < -0.3 is 5.73 Å². The van der Waals surface area contributed by atoms with E-state index in [9.17, 15) is 0 Å². The molecular formula is C15H20ClN3S. The summed E-state index contributed by atoms with van der Waals surface area (Å²) in [7, 11) is 0. The molecular weight excluding hydrogens is 290 g/mol. The Hall–Kier alpha value is -0.840. The van der Waals surface area contributed by atoms with Crippen molar-refractivity contribution in [2.45, 2.75) is 52.1 Å². The van der Waals surface area contributed by atoms with Crippen LogP contribution in [0.25, 0.3) is 0 Å². The van der Waals surface area contributed by atoms with E-state index in [-0.39, 0.29) is 6.04 Å². The minimum Gasteiger partial charge on any atom is -0.323 e. The molecule has 3 rings (SSSR count). The number of halogens is 1. The number of rotatable bonds is 4. The number of nitrogens with zero attached hydrogens (tertiary/aromatic N) is 2. The van der Waals surface area contributed by atoms with Crippen LogP contribution in [0, 0.1) is 6.92 Å². The predicted molar refractivity (Wildman–Crippen MR) is 84.6 cm³/mol. The number of aryl methyl sites for hydroxylation is 4. The van der Waals surface area contributed by atoms with Crippen molar-refractivity contribution in [2.24, 2.45) is 5.73 Å². The molecule has 0 aromatic carbocycles. The number of aromatic nitrogens is 2. The molecule has 0 radical (unpaired) electrons. The lowest BCUT2D eigenvalue weighted by molar-refractivity contribution is 0.590. The number of thiophene rings is 1. The van der Waals surface area contributed by atoms with E-state index in [4.69, 9.17) is 17.3 Å². The first-order valence-electron chi connectivity index (χ1n) is 7.19. The van der Waals surface area contributed by atoms with Gasteiger partial charge in [-0.05, 0) is 44.7 Å². The van der Waals surface area contributed by atoms with Crippen LogP contribution >= 0.6 is 22.9 Å². The molecule has 5 heteroatoms. The van der Waals surface area contributed by atoms with Crippen LogP contribution in [0.4, 0.5) is 0 Å². The van der Waals surface area contributed by atoms with E-state index < -0.39 is 0 Å². The van der Waals surface area contributed by atoms with E-state index in [1.807, 2.05) is 22.9 Å². The minimum atomic E-state index is 0.0181. The zero-order valence-electron chi connectivity index (χ0n) is 11.9. The fourth-order valence-electron chi connectivity index (χ4n) is 2.91. The second-order valence-corrected chi connectivity index (χ2v) is 6.97. The van der Waals surface area contributed by atoms with E-state index >= 15 is 0 Å². The van der Waals surface area contributed by atoms with Gasteiger partial charge in [0.25, 0.3) is 0 Å². The maximum atomic E-state index is 6.40. The Morgan fingerprint density at radius 1 is 1.50 bits per heavy atom. The van der Waals surface area contributed by atoms with Gasteiger partial charge in [-0.2, -0.15) is 5.10 Å². The van der Waals surface area contributed by atoms with Gasteiger partial charge in [0.1, 0.15) is 0 Å². The third-order valence-corrected chi connectivity index (χ3v) is 5.86. The molecule has 2 N–H and O–H groups in total. The highest BCUT2D eigenvalue weighted by molar-refractivity contribution is 7.12. The van der Waals surface area contributed by atoms with Crippen molar-refractivity contribution in [3.63, 3.8) is 0 Å². The normalized spacial score (nSPS) is 15.6. The molecule has 0 bridgehead atoms. The van der Waals surface area contributed by atoms with Crippen LogP contribution in [0.1, 0.15) is 46.1 Å². The van der Waals surface area contributed by atoms with Crippen LogP contribution in [0.2, 0.25) is 5.02 Å². The van der Waals surface area contributed by atoms with Gasteiger partial charge in [-0.3, -0.25) is 4.68 Å². The average molecular weight is 310 g/mol. The topological polar surface area (TPSA) is 43.8 Å². The maximum Gasteiger partial charge on any atom is 0.0847 e. The summed E-state index contributed by atoms with van der Waals surface area (Å²) in [4.78, 5) is 2.81. The van der Waals surface area contributed by atoms with Crippen LogP contribution in [0.3, 0.4) is 0 Å². The summed E-state index contributed by atoms with van der Waals surface area (Å²) in [6.07, 6.45) is 4.49. The smallest absolute Gasteiger partial charge is 0.0847 e. The predicted octanol–water partition coefficient (Wildman–Crippen LogP) is 3.66. The molecule has 20 heavy (non-hydrogen) atoms. The van der Waals surface area contributed by atoms with Gasteiger partial charge in [-0.15, -0.1) is 11.3 Å². The SMILES string of the molecule is CCn1nc(C)c(Cl)c1CC(N)c1cc2c(s1)CCC2. The van der Waals surface area contributed by atoms with Crippen molar-refractivity contribution in [3.8, 4) is 0 Å². The second-order valence-electron chi connectivity index (χ2n) is 5.42. The Balaban J connectivity index is 1.83. The summed E-state index contributed by atoms with van der Waals surface area (Å²) >= 11 is 8.24. The first kappa shape index (κ1) is 14.1. The molecule has 0 aliphatic heterocycles. The van der Waals surface area contributed by atoms with Crippen LogP contribution < -0.4 is 5.73 Å². The quantitative estimate of drug-likeness (QED) is 0.936. The highest BCUT2D eigenvalue weighted by Crippen LogP contribution is 2.35. The molecule has 2 aromatic heterocycles. The summed E-state index contributed by atoms with van der Waals surface area (Å²) in [5.74, 6) is 0. The maximum absolute atomic E-state index is 6.40. The van der Waals surface area contributed by atoms with Gasteiger partial charge in [0.05, 0.1) is 16.4 Å². The van der Waals surface area contributed by atoms with Gasteiger partial charge in [0.2, 0.25) is 0 Å². The zero-order valence-corrected chi connectivity index (χ0v) is 13.5. The Kier molecular flexibility index (Phi) is 3.89. The van der Waals surface area contributed by atoms with Crippen molar-refractivity contribution in [3.05, 3.63) is 37.8 Å². The summed E-state index contributed by atoms with van der Waals surface area (Å²) in [5, 5.41) is 5.23. The van der Waals surface area contributed by atoms with Gasteiger partial charge in [-0.1, -0.05) is 11.6 Å². The Bertz CT molecular complexity index is 608. The molecule has 2 heterocycles. The minimum absolute atomic E-state index is 0.0181. The van der Waals surface area contributed by atoms with Gasteiger partial charge in [-0.25, -0.2) is 0 Å². The van der Waals surface area contributed by atoms with E-state index in [1.54, 1.807) is 0 Å². The number of nitrogens with two attached hydrogens (primary N) is 1. The number of hydrogen-bond acceptors (Lipinski definition) is 3. The molecule has 1 aliphatic rings. The molecule has 0 saturated heterocycles. The lowest BCUT2D eigenvalue weighted by Gasteiger charge is -2.11. The summed E-state index contributed by atoms with van der Waals surface area (Å²) in [6.45, 7) is 4.86. The largest absolute Gasteiger partial charge is 0.323 e. The molecule has 3 nitrogen and oxygen atoms in total. The van der Waals surface area contributed by atoms with E-state index in [1.165, 1.54) is 34.6 Å². The fourth-order valence-corrected chi connectivity index (χ4v) is 4.38. The summed E-state index contributed by atoms with van der Waals surface area (Å²) < 4.78 is 1.97. The highest BCUT2D eigenvalue weighted by atomic mass is 35.5. The van der Waals surface area contributed by atoms with E-state index in [0.717, 1.165) is 29.4 Å². The molecule has 0 spiro atoms. The van der Waals surface area contributed by atoms with Crippen molar-refractivity contribution in [1.82, 2.24) is 9.78 Å². The van der Waals surface area contributed by atoms with Crippen LogP contribution in [0.5, 0.6) is 0 Å². The summed E-state index contributed by atoms with van der Waals surface area (Å²) in [5.41, 5.74) is 9.86. The molecule has 2 aromatic rings. The van der Waals surface area contributed by atoms with E-state index in [2.05, 4.69) is 18.1 Å². The molecule has 1 aliphatic carbocycles. The molecule has 108 valence electrons. The molecule has 0 fully saturated rings. The molecule has 0 amide bonds. The lowest BCUT2D eigenvalue weighted by atomic mass is 10.1. The summed E-state index contributed by atoms with van der Waals surface area (Å²) in [6, 6.07) is 2.31. The van der Waals surface area contributed by atoms with Gasteiger partial charge >= 0.3 is 0 Å². The first-order chi connectivity index (χ1) is 9.60. The Labute approximate surface area is 128 Å². The lowest BCUT2D eigenvalue weighted by Crippen LogP contribution is -2.15. The molecule has 0 saturated carbocycles. The highest BCUT2D eigenvalue weighted by Gasteiger charge is 2.21. The third-order valence-electron chi connectivity index (χ3n) is 4.00. The molecule has 1 atom stereocenters. The molecule has 1 unspecified atom stereocenters.